The van der Waals surface area contributed by atoms with E-state index in [-0.39, 0.29) is 5.75 Å². The second-order valence-electron chi connectivity index (χ2n) is 4.56. The zero-order chi connectivity index (χ0) is 14.5. The van der Waals surface area contributed by atoms with E-state index in [4.69, 9.17) is 11.6 Å². The number of phenols is 1. The predicted molar refractivity (Wildman–Crippen MR) is 81.0 cm³/mol. The van der Waals surface area contributed by atoms with Gasteiger partial charge in [-0.05, 0) is 36.2 Å². The van der Waals surface area contributed by atoms with Crippen LogP contribution >= 0.6 is 11.6 Å². The Morgan fingerprint density at radius 1 is 1.15 bits per heavy atom. The van der Waals surface area contributed by atoms with Gasteiger partial charge in [-0.3, -0.25) is 0 Å². The van der Waals surface area contributed by atoms with Crippen molar-refractivity contribution in [1.82, 2.24) is 0 Å². The van der Waals surface area contributed by atoms with Crippen LogP contribution < -0.4 is 0 Å². The van der Waals surface area contributed by atoms with E-state index in [0.29, 0.717) is 21.9 Å². The van der Waals surface area contributed by atoms with Crippen LogP contribution in [-0.4, -0.2) is 16.0 Å². The van der Waals surface area contributed by atoms with Crippen molar-refractivity contribution in [3.05, 3.63) is 64.2 Å². The van der Waals surface area contributed by atoms with E-state index in [1.807, 2.05) is 12.1 Å². The van der Waals surface area contributed by atoms with Crippen LogP contribution in [0.1, 0.15) is 30.0 Å². The van der Waals surface area contributed by atoms with Crippen molar-refractivity contribution in [3.8, 4) is 5.75 Å². The molecule has 0 saturated carbocycles. The summed E-state index contributed by atoms with van der Waals surface area (Å²) >= 11 is 5.85. The van der Waals surface area contributed by atoms with Gasteiger partial charge < -0.3 is 10.3 Å². The number of aromatic hydroxyl groups is 1. The Hall–Kier alpha value is -2.00. The monoisotopic (exact) mass is 289 g/mol. The number of hydrogen-bond donors (Lipinski definition) is 2. The van der Waals surface area contributed by atoms with Gasteiger partial charge in [-0.25, -0.2) is 0 Å². The molecule has 0 radical (unpaired) electrons. The molecule has 0 saturated heterocycles. The number of aryl methyl sites for hydroxylation is 1. The van der Waals surface area contributed by atoms with Gasteiger partial charge in [0.1, 0.15) is 11.5 Å². The standard InChI is InChI=1S/C16H16ClNO2/c1-2-3-11-4-9-15(19)14(10-11)16(18-20)12-5-7-13(17)8-6-12/h4-10,19-20H,2-3H2,1H3/b18-16+. The van der Waals surface area contributed by atoms with E-state index < -0.39 is 0 Å². The van der Waals surface area contributed by atoms with Crippen molar-refractivity contribution in [3.63, 3.8) is 0 Å². The van der Waals surface area contributed by atoms with Gasteiger partial charge in [0.25, 0.3) is 0 Å². The molecular weight excluding hydrogens is 274 g/mol. The zero-order valence-corrected chi connectivity index (χ0v) is 11.9. The lowest BCUT2D eigenvalue weighted by Crippen LogP contribution is -2.04. The highest BCUT2D eigenvalue weighted by molar-refractivity contribution is 6.30. The quantitative estimate of drug-likeness (QED) is 0.503. The van der Waals surface area contributed by atoms with Crippen LogP contribution in [-0.2, 0) is 6.42 Å². The molecule has 2 aromatic carbocycles. The van der Waals surface area contributed by atoms with Crippen molar-refractivity contribution < 1.29 is 10.3 Å². The van der Waals surface area contributed by atoms with Crippen LogP contribution in [0.2, 0.25) is 5.02 Å². The van der Waals surface area contributed by atoms with Crippen molar-refractivity contribution in [2.24, 2.45) is 5.16 Å². The number of benzene rings is 2. The van der Waals surface area contributed by atoms with E-state index in [9.17, 15) is 10.3 Å². The highest BCUT2D eigenvalue weighted by atomic mass is 35.5. The maximum absolute atomic E-state index is 10.0. The lowest BCUT2D eigenvalue weighted by Gasteiger charge is -2.09. The molecule has 4 heteroatoms. The maximum atomic E-state index is 10.0. The molecule has 104 valence electrons. The van der Waals surface area contributed by atoms with Crippen molar-refractivity contribution in [2.45, 2.75) is 19.8 Å². The third-order valence-corrected chi connectivity index (χ3v) is 3.32. The fourth-order valence-corrected chi connectivity index (χ4v) is 2.22. The van der Waals surface area contributed by atoms with Gasteiger partial charge >= 0.3 is 0 Å². The van der Waals surface area contributed by atoms with Crippen molar-refractivity contribution >= 4 is 17.3 Å². The van der Waals surface area contributed by atoms with Gasteiger partial charge in [-0.1, -0.05) is 48.3 Å². The number of halogens is 1. The SMILES string of the molecule is CCCc1ccc(O)c(/C(=N/O)c2ccc(Cl)cc2)c1. The highest BCUT2D eigenvalue weighted by Gasteiger charge is 2.13. The summed E-state index contributed by atoms with van der Waals surface area (Å²) in [5.41, 5.74) is 2.63. The molecule has 2 aromatic rings. The van der Waals surface area contributed by atoms with Crippen molar-refractivity contribution in [2.75, 3.05) is 0 Å². The average Bonchev–Trinajstić information content (AvgIpc) is 2.45. The third-order valence-electron chi connectivity index (χ3n) is 3.07. The molecule has 0 aromatic heterocycles. The molecule has 3 nitrogen and oxygen atoms in total. The summed E-state index contributed by atoms with van der Waals surface area (Å²) in [5.74, 6) is 0.0904. The lowest BCUT2D eigenvalue weighted by atomic mass is 9.98. The first kappa shape index (κ1) is 14.4. The fraction of sp³-hybridized carbons (Fsp3) is 0.188. The summed E-state index contributed by atoms with van der Waals surface area (Å²) in [7, 11) is 0. The molecule has 0 aliphatic carbocycles. The lowest BCUT2D eigenvalue weighted by molar-refractivity contribution is 0.319. The molecule has 2 N–H and O–H groups in total. The Labute approximate surface area is 123 Å². The number of hydrogen-bond acceptors (Lipinski definition) is 3. The topological polar surface area (TPSA) is 52.8 Å². The number of nitrogens with zero attached hydrogens (tertiary/aromatic N) is 1. The van der Waals surface area contributed by atoms with Gasteiger partial charge in [0.2, 0.25) is 0 Å². The zero-order valence-electron chi connectivity index (χ0n) is 11.2. The molecule has 0 spiro atoms. The van der Waals surface area contributed by atoms with E-state index >= 15 is 0 Å². The van der Waals surface area contributed by atoms with Gasteiger partial charge in [0.15, 0.2) is 0 Å². The molecule has 0 aliphatic rings. The summed E-state index contributed by atoms with van der Waals surface area (Å²) in [5, 5.41) is 23.2. The van der Waals surface area contributed by atoms with E-state index in [1.54, 1.807) is 30.3 Å². The third kappa shape index (κ3) is 3.11. The minimum absolute atomic E-state index is 0.0904. The van der Waals surface area contributed by atoms with Crippen LogP contribution in [0.4, 0.5) is 0 Å². The van der Waals surface area contributed by atoms with Gasteiger partial charge in [0, 0.05) is 16.1 Å². The van der Waals surface area contributed by atoms with Crippen molar-refractivity contribution in [1.29, 1.82) is 0 Å². The number of phenolic OH excluding ortho intramolecular Hbond substituents is 1. The first-order valence-corrected chi connectivity index (χ1v) is 6.83. The van der Waals surface area contributed by atoms with Crippen LogP contribution in [0.3, 0.4) is 0 Å². The number of rotatable bonds is 4. The van der Waals surface area contributed by atoms with E-state index in [2.05, 4.69) is 12.1 Å². The predicted octanol–water partition coefficient (Wildman–Crippen LogP) is 4.22. The Bertz CT molecular complexity index is 621. The molecule has 0 bridgehead atoms. The molecule has 0 unspecified atom stereocenters. The van der Waals surface area contributed by atoms with Gasteiger partial charge in [-0.15, -0.1) is 0 Å². The molecule has 2 rings (SSSR count). The smallest absolute Gasteiger partial charge is 0.125 e. The van der Waals surface area contributed by atoms with Gasteiger partial charge in [-0.2, -0.15) is 0 Å². The normalized spacial score (nSPS) is 11.6. The summed E-state index contributed by atoms with van der Waals surface area (Å²) in [6.07, 6.45) is 1.92. The van der Waals surface area contributed by atoms with Crippen LogP contribution in [0.25, 0.3) is 0 Å². The fourth-order valence-electron chi connectivity index (χ4n) is 2.09. The molecule has 0 amide bonds. The van der Waals surface area contributed by atoms with Crippen LogP contribution in [0.15, 0.2) is 47.6 Å². The van der Waals surface area contributed by atoms with E-state index in [0.717, 1.165) is 18.4 Å². The summed E-state index contributed by atoms with van der Waals surface area (Å²) in [6, 6.07) is 12.3. The Kier molecular flexibility index (Phi) is 4.64. The summed E-state index contributed by atoms with van der Waals surface area (Å²) < 4.78 is 0. The second kappa shape index (κ2) is 6.44. The second-order valence-corrected chi connectivity index (χ2v) is 4.99. The Morgan fingerprint density at radius 3 is 2.45 bits per heavy atom. The average molecular weight is 290 g/mol. The molecule has 0 heterocycles. The van der Waals surface area contributed by atoms with Gasteiger partial charge in [0.05, 0.1) is 0 Å². The first-order chi connectivity index (χ1) is 9.65. The largest absolute Gasteiger partial charge is 0.507 e. The first-order valence-electron chi connectivity index (χ1n) is 6.46. The minimum Gasteiger partial charge on any atom is -0.507 e. The van der Waals surface area contributed by atoms with Crippen LogP contribution in [0.5, 0.6) is 5.75 Å². The van der Waals surface area contributed by atoms with E-state index in [1.165, 1.54) is 0 Å². The molecule has 20 heavy (non-hydrogen) atoms. The molecule has 0 aliphatic heterocycles. The maximum Gasteiger partial charge on any atom is 0.125 e. The minimum atomic E-state index is 0.0904. The molecule has 0 fully saturated rings. The molecular formula is C16H16ClNO2. The highest BCUT2D eigenvalue weighted by Crippen LogP contribution is 2.24. The summed E-state index contributed by atoms with van der Waals surface area (Å²) in [6.45, 7) is 2.09. The summed E-state index contributed by atoms with van der Waals surface area (Å²) in [4.78, 5) is 0. The Balaban J connectivity index is 2.46. The Morgan fingerprint density at radius 2 is 1.85 bits per heavy atom. The number of oxime groups is 1. The van der Waals surface area contributed by atoms with Crippen LogP contribution in [0, 0.1) is 0 Å². The molecule has 0 atom stereocenters.